The Balaban J connectivity index is 2.16. The Morgan fingerprint density at radius 1 is 1.18 bits per heavy atom. The number of pyridine rings is 1. The van der Waals surface area contributed by atoms with Crippen LogP contribution < -0.4 is 5.73 Å². The zero-order valence-electron chi connectivity index (χ0n) is 10.1. The first-order chi connectivity index (χ1) is 8.29. The summed E-state index contributed by atoms with van der Waals surface area (Å²) in [6.45, 7) is 2.73. The van der Waals surface area contributed by atoms with Crippen molar-refractivity contribution in [1.29, 1.82) is 0 Å². The number of benzene rings is 1. The van der Waals surface area contributed by atoms with Crippen LogP contribution in [0.2, 0.25) is 0 Å². The number of rotatable bonds is 4. The molecule has 1 aromatic heterocycles. The van der Waals surface area contributed by atoms with Gasteiger partial charge < -0.3 is 5.73 Å². The summed E-state index contributed by atoms with van der Waals surface area (Å²) in [5.41, 5.74) is 9.63. The molecule has 2 heteroatoms. The maximum absolute atomic E-state index is 5.87. The predicted octanol–water partition coefficient (Wildman–Crippen LogP) is 2.68. The summed E-state index contributed by atoms with van der Waals surface area (Å²) in [7, 11) is 0. The zero-order chi connectivity index (χ0) is 12.1. The van der Waals surface area contributed by atoms with Crippen LogP contribution in [0.1, 0.15) is 22.6 Å². The number of nitrogens with zero attached hydrogens (tertiary/aromatic N) is 1. The molecule has 0 saturated heterocycles. The molecule has 0 amide bonds. The minimum atomic E-state index is 0.375. The van der Waals surface area contributed by atoms with Crippen molar-refractivity contribution >= 4 is 0 Å². The van der Waals surface area contributed by atoms with Crippen LogP contribution in [0.4, 0.5) is 0 Å². The molecule has 2 rings (SSSR count). The van der Waals surface area contributed by atoms with Crippen molar-refractivity contribution in [3.63, 3.8) is 0 Å². The first kappa shape index (κ1) is 11.8. The highest BCUT2D eigenvalue weighted by Crippen LogP contribution is 2.19. The molecule has 1 atom stereocenters. The van der Waals surface area contributed by atoms with E-state index in [0.717, 1.165) is 6.42 Å². The normalized spacial score (nSPS) is 12.4. The molecule has 1 unspecified atom stereocenters. The summed E-state index contributed by atoms with van der Waals surface area (Å²) in [6, 6.07) is 12.6. The Kier molecular flexibility index (Phi) is 3.89. The van der Waals surface area contributed by atoms with Crippen LogP contribution in [0.25, 0.3) is 0 Å². The largest absolute Gasteiger partial charge is 0.330 e. The van der Waals surface area contributed by atoms with Gasteiger partial charge in [-0.3, -0.25) is 4.98 Å². The minimum Gasteiger partial charge on any atom is -0.330 e. The SMILES string of the molecule is Cc1cncc(CC(CN)c2ccccc2)c1. The standard InChI is InChI=1S/C15H18N2/c1-12-7-13(11-17-10-12)8-15(9-16)14-5-3-2-4-6-14/h2-7,10-11,15H,8-9,16H2,1H3. The summed E-state index contributed by atoms with van der Waals surface area (Å²) >= 11 is 0. The molecule has 2 nitrogen and oxygen atoms in total. The van der Waals surface area contributed by atoms with Gasteiger partial charge in [-0.1, -0.05) is 36.4 Å². The predicted molar refractivity (Wildman–Crippen MR) is 70.9 cm³/mol. The highest BCUT2D eigenvalue weighted by atomic mass is 14.6. The van der Waals surface area contributed by atoms with E-state index >= 15 is 0 Å². The molecule has 0 bridgehead atoms. The molecule has 0 radical (unpaired) electrons. The van der Waals surface area contributed by atoms with Crippen molar-refractivity contribution in [2.24, 2.45) is 5.73 Å². The lowest BCUT2D eigenvalue weighted by molar-refractivity contribution is 0.692. The van der Waals surface area contributed by atoms with Gasteiger partial charge in [-0.05, 0) is 36.6 Å². The van der Waals surface area contributed by atoms with E-state index in [9.17, 15) is 0 Å². The molecule has 1 heterocycles. The lowest BCUT2D eigenvalue weighted by Gasteiger charge is -2.15. The van der Waals surface area contributed by atoms with Crippen LogP contribution >= 0.6 is 0 Å². The lowest BCUT2D eigenvalue weighted by atomic mass is 9.92. The van der Waals surface area contributed by atoms with Gasteiger partial charge in [-0.25, -0.2) is 0 Å². The Labute approximate surface area is 103 Å². The second-order valence-corrected chi connectivity index (χ2v) is 4.42. The van der Waals surface area contributed by atoms with Gasteiger partial charge in [0, 0.05) is 18.3 Å². The summed E-state index contributed by atoms with van der Waals surface area (Å²) in [4.78, 5) is 4.22. The van der Waals surface area contributed by atoms with Gasteiger partial charge >= 0.3 is 0 Å². The van der Waals surface area contributed by atoms with E-state index in [4.69, 9.17) is 5.73 Å². The number of hydrogen-bond acceptors (Lipinski definition) is 2. The molecule has 2 N–H and O–H groups in total. The monoisotopic (exact) mass is 226 g/mol. The quantitative estimate of drug-likeness (QED) is 0.870. The Morgan fingerprint density at radius 2 is 1.94 bits per heavy atom. The van der Waals surface area contributed by atoms with Crippen LogP contribution in [0.5, 0.6) is 0 Å². The fourth-order valence-corrected chi connectivity index (χ4v) is 2.08. The van der Waals surface area contributed by atoms with E-state index in [1.165, 1.54) is 16.7 Å². The van der Waals surface area contributed by atoms with Crippen molar-refractivity contribution in [3.8, 4) is 0 Å². The second kappa shape index (κ2) is 5.60. The number of hydrogen-bond donors (Lipinski definition) is 1. The summed E-state index contributed by atoms with van der Waals surface area (Å²) < 4.78 is 0. The Hall–Kier alpha value is -1.67. The van der Waals surface area contributed by atoms with E-state index < -0.39 is 0 Å². The van der Waals surface area contributed by atoms with Crippen molar-refractivity contribution in [1.82, 2.24) is 4.98 Å². The lowest BCUT2D eigenvalue weighted by Crippen LogP contribution is -2.15. The van der Waals surface area contributed by atoms with Crippen molar-refractivity contribution in [3.05, 3.63) is 65.5 Å². The van der Waals surface area contributed by atoms with Crippen LogP contribution in [0.15, 0.2) is 48.8 Å². The van der Waals surface area contributed by atoms with Gasteiger partial charge in [0.1, 0.15) is 0 Å². The van der Waals surface area contributed by atoms with Crippen molar-refractivity contribution < 1.29 is 0 Å². The third-order valence-electron chi connectivity index (χ3n) is 2.97. The molecule has 1 aromatic carbocycles. The van der Waals surface area contributed by atoms with E-state index in [2.05, 4.69) is 42.2 Å². The van der Waals surface area contributed by atoms with E-state index in [1.54, 1.807) is 0 Å². The summed E-state index contributed by atoms with van der Waals surface area (Å²) in [6.07, 6.45) is 4.76. The summed E-state index contributed by atoms with van der Waals surface area (Å²) in [5, 5.41) is 0. The van der Waals surface area contributed by atoms with Gasteiger partial charge in [-0.15, -0.1) is 0 Å². The molecular formula is C15H18N2. The van der Waals surface area contributed by atoms with Crippen LogP contribution in [0.3, 0.4) is 0 Å². The molecule has 0 saturated carbocycles. The Bertz CT molecular complexity index is 465. The van der Waals surface area contributed by atoms with Gasteiger partial charge in [0.15, 0.2) is 0 Å². The topological polar surface area (TPSA) is 38.9 Å². The summed E-state index contributed by atoms with van der Waals surface area (Å²) in [5.74, 6) is 0.375. The van der Waals surface area contributed by atoms with Crippen molar-refractivity contribution in [2.75, 3.05) is 6.54 Å². The molecular weight excluding hydrogens is 208 g/mol. The molecule has 2 aromatic rings. The van der Waals surface area contributed by atoms with Crippen LogP contribution in [-0.2, 0) is 6.42 Å². The molecule has 0 aliphatic heterocycles. The van der Waals surface area contributed by atoms with E-state index in [-0.39, 0.29) is 0 Å². The molecule has 88 valence electrons. The molecule has 17 heavy (non-hydrogen) atoms. The van der Waals surface area contributed by atoms with Crippen LogP contribution in [-0.4, -0.2) is 11.5 Å². The third-order valence-corrected chi connectivity index (χ3v) is 2.97. The number of nitrogens with two attached hydrogens (primary N) is 1. The molecule has 0 aliphatic carbocycles. The fourth-order valence-electron chi connectivity index (χ4n) is 2.08. The second-order valence-electron chi connectivity index (χ2n) is 4.42. The van der Waals surface area contributed by atoms with Gasteiger partial charge in [0.05, 0.1) is 0 Å². The number of aromatic nitrogens is 1. The average Bonchev–Trinajstić information content (AvgIpc) is 2.37. The average molecular weight is 226 g/mol. The fraction of sp³-hybridized carbons (Fsp3) is 0.267. The molecule has 0 spiro atoms. The third kappa shape index (κ3) is 3.14. The van der Waals surface area contributed by atoms with Crippen molar-refractivity contribution in [2.45, 2.75) is 19.3 Å². The van der Waals surface area contributed by atoms with Gasteiger partial charge in [0.2, 0.25) is 0 Å². The van der Waals surface area contributed by atoms with E-state index in [0.29, 0.717) is 12.5 Å². The van der Waals surface area contributed by atoms with E-state index in [1.807, 2.05) is 18.5 Å². The highest BCUT2D eigenvalue weighted by molar-refractivity contribution is 5.24. The maximum Gasteiger partial charge on any atom is 0.0300 e. The molecule has 0 aliphatic rings. The first-order valence-electron chi connectivity index (χ1n) is 5.95. The first-order valence-corrected chi connectivity index (χ1v) is 5.95. The van der Waals surface area contributed by atoms with Gasteiger partial charge in [0.25, 0.3) is 0 Å². The molecule has 0 fully saturated rings. The smallest absolute Gasteiger partial charge is 0.0300 e. The Morgan fingerprint density at radius 3 is 2.59 bits per heavy atom. The minimum absolute atomic E-state index is 0.375. The van der Waals surface area contributed by atoms with Gasteiger partial charge in [-0.2, -0.15) is 0 Å². The maximum atomic E-state index is 5.87. The number of aryl methyl sites for hydroxylation is 1. The van der Waals surface area contributed by atoms with Crippen LogP contribution in [0, 0.1) is 6.92 Å². The highest BCUT2D eigenvalue weighted by Gasteiger charge is 2.10. The zero-order valence-corrected chi connectivity index (χ0v) is 10.1.